The molecule has 162 valence electrons. The van der Waals surface area contributed by atoms with Crippen LogP contribution in [0.2, 0.25) is 5.02 Å². The summed E-state index contributed by atoms with van der Waals surface area (Å²) in [5.74, 6) is 0.819. The van der Waals surface area contributed by atoms with Gasteiger partial charge in [0.1, 0.15) is 12.4 Å². The smallest absolute Gasteiger partial charge is 0.142 e. The van der Waals surface area contributed by atoms with Gasteiger partial charge in [0.2, 0.25) is 0 Å². The highest BCUT2D eigenvalue weighted by atomic mass is 35.5. The Hall–Kier alpha value is -3.50. The Morgan fingerprint density at radius 3 is 2.38 bits per heavy atom. The normalized spacial score (nSPS) is 11.4. The van der Waals surface area contributed by atoms with E-state index in [-0.39, 0.29) is 0 Å². The van der Waals surface area contributed by atoms with Crippen LogP contribution in [0.3, 0.4) is 0 Å². The zero-order valence-corrected chi connectivity index (χ0v) is 19.1. The zero-order chi connectivity index (χ0) is 22.5. The fourth-order valence-electron chi connectivity index (χ4n) is 3.72. The second kappa shape index (κ2) is 9.75. The van der Waals surface area contributed by atoms with Crippen molar-refractivity contribution in [3.8, 4) is 22.7 Å². The van der Waals surface area contributed by atoms with Crippen molar-refractivity contribution in [3.63, 3.8) is 0 Å². The van der Waals surface area contributed by atoms with Crippen molar-refractivity contribution in [2.75, 3.05) is 7.11 Å². The van der Waals surface area contributed by atoms with E-state index >= 15 is 0 Å². The first-order valence-electron chi connectivity index (χ1n) is 10.4. The van der Waals surface area contributed by atoms with Gasteiger partial charge >= 0.3 is 0 Å². The van der Waals surface area contributed by atoms with Crippen molar-refractivity contribution in [1.29, 1.82) is 0 Å². The number of rotatable bonds is 7. The highest BCUT2D eigenvalue weighted by Gasteiger charge is 2.17. The van der Waals surface area contributed by atoms with Crippen molar-refractivity contribution in [2.45, 2.75) is 20.5 Å². The minimum atomic E-state index is 0.390. The third kappa shape index (κ3) is 4.71. The second-order valence-corrected chi connectivity index (χ2v) is 7.94. The highest BCUT2D eigenvalue weighted by molar-refractivity contribution is 6.30. The lowest BCUT2D eigenvalue weighted by Gasteiger charge is -2.13. The number of benzene rings is 3. The van der Waals surface area contributed by atoms with E-state index in [2.05, 4.69) is 40.9 Å². The minimum Gasteiger partial charge on any atom is -0.497 e. The molecule has 4 rings (SSSR count). The highest BCUT2D eigenvalue weighted by Crippen LogP contribution is 2.31. The van der Waals surface area contributed by atoms with Gasteiger partial charge in [-0.1, -0.05) is 65.3 Å². The summed E-state index contributed by atoms with van der Waals surface area (Å²) in [4.78, 5) is 5.66. The predicted octanol–water partition coefficient (Wildman–Crippen LogP) is 7.06. The molecule has 0 atom stereocenters. The summed E-state index contributed by atoms with van der Waals surface area (Å²) < 4.78 is 7.41. The molecular weight excluding hydrogens is 420 g/mol. The van der Waals surface area contributed by atoms with Gasteiger partial charge in [-0.15, -0.1) is 0 Å². The predicted molar refractivity (Wildman–Crippen MR) is 131 cm³/mol. The van der Waals surface area contributed by atoms with Crippen molar-refractivity contribution in [2.24, 2.45) is 5.16 Å². The summed E-state index contributed by atoms with van der Waals surface area (Å²) in [7, 11) is 1.65. The summed E-state index contributed by atoms with van der Waals surface area (Å²) in [5, 5.41) is 5.10. The van der Waals surface area contributed by atoms with Gasteiger partial charge in [-0.05, 0) is 61.4 Å². The van der Waals surface area contributed by atoms with Crippen molar-refractivity contribution in [3.05, 3.63) is 107 Å². The molecule has 32 heavy (non-hydrogen) atoms. The molecule has 0 amide bonds. The van der Waals surface area contributed by atoms with Crippen molar-refractivity contribution in [1.82, 2.24) is 4.57 Å². The Kier molecular flexibility index (Phi) is 6.62. The Bertz CT molecular complexity index is 1230. The van der Waals surface area contributed by atoms with Crippen LogP contribution in [0.15, 0.2) is 90.1 Å². The standard InChI is InChI=1S/C27H25ClN2O2/c1-19(29-32-18-21-12-14-25(31-3)15-13-21)26-17-27(22-8-5-4-6-9-22)30(20(26)2)24-11-7-10-23(28)16-24/h4-17H,18H2,1-3H3/b29-19+. The zero-order valence-electron chi connectivity index (χ0n) is 18.4. The lowest BCUT2D eigenvalue weighted by molar-refractivity contribution is 0.130. The molecule has 5 heteroatoms. The van der Waals surface area contributed by atoms with E-state index in [4.69, 9.17) is 21.2 Å². The molecule has 4 aromatic rings. The maximum atomic E-state index is 6.30. The molecular formula is C27H25ClN2O2. The number of nitrogens with zero attached hydrogens (tertiary/aromatic N) is 2. The van der Waals surface area contributed by atoms with Crippen molar-refractivity contribution < 1.29 is 9.57 Å². The molecule has 0 fully saturated rings. The van der Waals surface area contributed by atoms with E-state index in [0.29, 0.717) is 11.6 Å². The van der Waals surface area contributed by atoms with Gasteiger partial charge in [0.15, 0.2) is 0 Å². The first kappa shape index (κ1) is 21.7. The van der Waals surface area contributed by atoms with Crippen molar-refractivity contribution >= 4 is 17.3 Å². The van der Waals surface area contributed by atoms with E-state index < -0.39 is 0 Å². The van der Waals surface area contributed by atoms with E-state index in [0.717, 1.165) is 45.2 Å². The Labute approximate surface area is 193 Å². The molecule has 3 aromatic carbocycles. The van der Waals surface area contributed by atoms with Gasteiger partial charge in [0.25, 0.3) is 0 Å². The van der Waals surface area contributed by atoms with Crippen LogP contribution in [-0.2, 0) is 11.4 Å². The van der Waals surface area contributed by atoms with Gasteiger partial charge in [-0.3, -0.25) is 0 Å². The maximum absolute atomic E-state index is 6.30. The number of halogens is 1. The largest absolute Gasteiger partial charge is 0.497 e. The number of oxime groups is 1. The lowest BCUT2D eigenvalue weighted by atomic mass is 10.1. The number of ether oxygens (including phenoxy) is 1. The fraction of sp³-hybridized carbons (Fsp3) is 0.148. The number of aromatic nitrogens is 1. The van der Waals surface area contributed by atoms with Crippen LogP contribution in [0.5, 0.6) is 5.75 Å². The first-order valence-corrected chi connectivity index (χ1v) is 10.8. The molecule has 1 heterocycles. The molecule has 0 unspecified atom stereocenters. The molecule has 0 N–H and O–H groups in total. The Morgan fingerprint density at radius 1 is 0.938 bits per heavy atom. The van der Waals surface area contributed by atoms with E-state index in [9.17, 15) is 0 Å². The molecule has 0 spiro atoms. The Balaban J connectivity index is 1.66. The average Bonchev–Trinajstić information content (AvgIpc) is 3.17. The summed E-state index contributed by atoms with van der Waals surface area (Å²) in [6, 6.07) is 28.1. The maximum Gasteiger partial charge on any atom is 0.142 e. The van der Waals surface area contributed by atoms with Crippen LogP contribution in [0, 0.1) is 6.92 Å². The summed E-state index contributed by atoms with van der Waals surface area (Å²) in [6.45, 7) is 4.44. The van der Waals surface area contributed by atoms with Crippen LogP contribution in [-0.4, -0.2) is 17.4 Å². The summed E-state index contributed by atoms with van der Waals surface area (Å²) >= 11 is 6.30. The van der Waals surface area contributed by atoms with E-state index in [1.165, 1.54) is 0 Å². The van der Waals surface area contributed by atoms with E-state index in [1.807, 2.05) is 67.6 Å². The molecule has 0 saturated carbocycles. The van der Waals surface area contributed by atoms with Gasteiger partial charge in [-0.25, -0.2) is 0 Å². The Morgan fingerprint density at radius 2 is 1.69 bits per heavy atom. The first-order chi connectivity index (χ1) is 15.6. The SMILES string of the molecule is COc1ccc(CO/N=C(\C)c2cc(-c3ccccc3)n(-c3cccc(Cl)c3)c2C)cc1. The molecule has 1 aromatic heterocycles. The second-order valence-electron chi connectivity index (χ2n) is 7.51. The quantitative estimate of drug-likeness (QED) is 0.226. The van der Waals surface area contributed by atoms with Crippen LogP contribution in [0.25, 0.3) is 16.9 Å². The molecule has 0 saturated heterocycles. The number of hydrogen-bond donors (Lipinski definition) is 0. The third-order valence-corrected chi connectivity index (χ3v) is 5.60. The molecule has 0 bridgehead atoms. The molecule has 4 nitrogen and oxygen atoms in total. The summed E-state index contributed by atoms with van der Waals surface area (Å²) in [6.07, 6.45) is 0. The average molecular weight is 445 g/mol. The number of methoxy groups -OCH3 is 1. The minimum absolute atomic E-state index is 0.390. The monoisotopic (exact) mass is 444 g/mol. The van der Waals surface area contributed by atoms with Gasteiger partial charge < -0.3 is 14.1 Å². The topological polar surface area (TPSA) is 35.8 Å². The molecule has 0 aliphatic heterocycles. The lowest BCUT2D eigenvalue weighted by Crippen LogP contribution is -2.02. The summed E-state index contributed by atoms with van der Waals surface area (Å²) in [5.41, 5.74) is 7.14. The van der Waals surface area contributed by atoms with Gasteiger partial charge in [-0.2, -0.15) is 0 Å². The molecule has 0 aliphatic carbocycles. The van der Waals surface area contributed by atoms with Gasteiger partial charge in [0, 0.05) is 22.0 Å². The van der Waals surface area contributed by atoms with Crippen LogP contribution in [0.4, 0.5) is 0 Å². The fourth-order valence-corrected chi connectivity index (χ4v) is 3.90. The van der Waals surface area contributed by atoms with Gasteiger partial charge in [0.05, 0.1) is 18.5 Å². The third-order valence-electron chi connectivity index (χ3n) is 5.36. The van der Waals surface area contributed by atoms with Crippen LogP contribution in [0.1, 0.15) is 23.7 Å². The molecule has 0 aliphatic rings. The van der Waals surface area contributed by atoms with Crippen LogP contribution < -0.4 is 4.74 Å². The van der Waals surface area contributed by atoms with Crippen LogP contribution >= 0.6 is 11.6 Å². The van der Waals surface area contributed by atoms with E-state index in [1.54, 1.807) is 7.11 Å². The number of hydrogen-bond acceptors (Lipinski definition) is 3. The molecule has 0 radical (unpaired) electrons.